The normalized spacial score (nSPS) is 12.9. The Labute approximate surface area is 93.8 Å². The van der Waals surface area contributed by atoms with E-state index in [2.05, 4.69) is 5.32 Å². The minimum Gasteiger partial charge on any atom is -0.392 e. The van der Waals surface area contributed by atoms with Gasteiger partial charge in [0.15, 0.2) is 0 Å². The van der Waals surface area contributed by atoms with Crippen LogP contribution in [0.1, 0.15) is 12.5 Å². The first-order chi connectivity index (χ1) is 6.59. The van der Waals surface area contributed by atoms with E-state index in [-0.39, 0.29) is 6.10 Å². The monoisotopic (exact) mass is 233 g/mol. The van der Waals surface area contributed by atoms with E-state index in [4.69, 9.17) is 28.3 Å². The van der Waals surface area contributed by atoms with Crippen molar-refractivity contribution in [1.82, 2.24) is 5.32 Å². The fourth-order valence-corrected chi connectivity index (χ4v) is 1.40. The fourth-order valence-electron chi connectivity index (χ4n) is 1.07. The van der Waals surface area contributed by atoms with E-state index in [0.29, 0.717) is 23.1 Å². The number of aliphatic hydroxyl groups excluding tert-OH is 1. The molecule has 0 saturated carbocycles. The zero-order chi connectivity index (χ0) is 10.6. The Hall–Kier alpha value is -0.280. The average Bonchev–Trinajstić information content (AvgIpc) is 2.10. The summed E-state index contributed by atoms with van der Waals surface area (Å²) in [5, 5.41) is 13.2. The van der Waals surface area contributed by atoms with Crippen LogP contribution in [0.5, 0.6) is 0 Å². The average molecular weight is 234 g/mol. The Bertz CT molecular complexity index is 302. The highest BCUT2D eigenvalue weighted by Crippen LogP contribution is 2.22. The van der Waals surface area contributed by atoms with Gasteiger partial charge >= 0.3 is 0 Å². The van der Waals surface area contributed by atoms with E-state index < -0.39 is 0 Å². The molecule has 1 rings (SSSR count). The van der Waals surface area contributed by atoms with Crippen molar-refractivity contribution in [3.63, 3.8) is 0 Å². The van der Waals surface area contributed by atoms with E-state index in [0.717, 1.165) is 5.56 Å². The lowest BCUT2D eigenvalue weighted by atomic mass is 10.2. The second kappa shape index (κ2) is 5.56. The van der Waals surface area contributed by atoms with Crippen LogP contribution in [-0.4, -0.2) is 17.8 Å². The summed E-state index contributed by atoms with van der Waals surface area (Å²) in [6.07, 6.45) is -0.335. The SMILES string of the molecule is C[C@@H](O)CNCc1ccc(Cl)c(Cl)c1. The van der Waals surface area contributed by atoms with Gasteiger partial charge in [0.05, 0.1) is 16.1 Å². The summed E-state index contributed by atoms with van der Waals surface area (Å²) in [4.78, 5) is 0. The number of hydrogen-bond acceptors (Lipinski definition) is 2. The molecule has 0 aromatic heterocycles. The molecule has 0 aliphatic carbocycles. The summed E-state index contributed by atoms with van der Waals surface area (Å²) in [7, 11) is 0. The van der Waals surface area contributed by atoms with Gasteiger partial charge in [-0.3, -0.25) is 0 Å². The molecule has 2 N–H and O–H groups in total. The summed E-state index contributed by atoms with van der Waals surface area (Å²) in [5.74, 6) is 0. The fraction of sp³-hybridized carbons (Fsp3) is 0.400. The van der Waals surface area contributed by atoms with Gasteiger partial charge in [0, 0.05) is 13.1 Å². The van der Waals surface area contributed by atoms with Gasteiger partial charge in [-0.05, 0) is 24.6 Å². The van der Waals surface area contributed by atoms with Crippen molar-refractivity contribution < 1.29 is 5.11 Å². The highest BCUT2D eigenvalue weighted by atomic mass is 35.5. The van der Waals surface area contributed by atoms with Gasteiger partial charge in [-0.25, -0.2) is 0 Å². The van der Waals surface area contributed by atoms with Gasteiger partial charge in [-0.15, -0.1) is 0 Å². The Kier molecular flexibility index (Phi) is 4.69. The van der Waals surface area contributed by atoms with Gasteiger partial charge in [-0.2, -0.15) is 0 Å². The first-order valence-corrected chi connectivity index (χ1v) is 5.18. The molecule has 0 fully saturated rings. The van der Waals surface area contributed by atoms with Gasteiger partial charge in [0.25, 0.3) is 0 Å². The lowest BCUT2D eigenvalue weighted by Gasteiger charge is -2.07. The standard InChI is InChI=1S/C10H13Cl2NO/c1-7(14)5-13-6-8-2-3-9(11)10(12)4-8/h2-4,7,13-14H,5-6H2,1H3/t7-/m1/s1. The number of aliphatic hydroxyl groups is 1. The summed E-state index contributed by atoms with van der Waals surface area (Å²) < 4.78 is 0. The Morgan fingerprint density at radius 2 is 2.07 bits per heavy atom. The number of hydrogen-bond donors (Lipinski definition) is 2. The quantitative estimate of drug-likeness (QED) is 0.838. The molecular formula is C10H13Cl2NO. The first kappa shape index (κ1) is 11.8. The molecule has 0 spiro atoms. The molecule has 4 heteroatoms. The third kappa shape index (κ3) is 3.84. The van der Waals surface area contributed by atoms with Crippen LogP contribution in [0, 0.1) is 0 Å². The molecule has 1 atom stereocenters. The number of halogens is 2. The van der Waals surface area contributed by atoms with Crippen molar-refractivity contribution in [2.45, 2.75) is 19.6 Å². The third-order valence-electron chi connectivity index (χ3n) is 1.75. The predicted molar refractivity (Wildman–Crippen MR) is 59.8 cm³/mol. The Morgan fingerprint density at radius 3 is 2.64 bits per heavy atom. The van der Waals surface area contributed by atoms with Crippen LogP contribution in [0.2, 0.25) is 10.0 Å². The molecule has 0 radical (unpaired) electrons. The minimum absolute atomic E-state index is 0.335. The zero-order valence-corrected chi connectivity index (χ0v) is 9.44. The van der Waals surface area contributed by atoms with Crippen LogP contribution in [-0.2, 0) is 6.54 Å². The van der Waals surface area contributed by atoms with Crippen molar-refractivity contribution in [2.24, 2.45) is 0 Å². The Balaban J connectivity index is 2.47. The smallest absolute Gasteiger partial charge is 0.0636 e. The topological polar surface area (TPSA) is 32.3 Å². The summed E-state index contributed by atoms with van der Waals surface area (Å²) in [6.45, 7) is 2.99. The van der Waals surface area contributed by atoms with E-state index in [1.165, 1.54) is 0 Å². The van der Waals surface area contributed by atoms with Crippen molar-refractivity contribution in [2.75, 3.05) is 6.54 Å². The molecule has 0 bridgehead atoms. The Morgan fingerprint density at radius 1 is 1.36 bits per heavy atom. The lowest BCUT2D eigenvalue weighted by Crippen LogP contribution is -2.23. The molecule has 0 amide bonds. The summed E-state index contributed by atoms with van der Waals surface area (Å²) >= 11 is 11.6. The summed E-state index contributed by atoms with van der Waals surface area (Å²) in [6, 6.07) is 5.49. The van der Waals surface area contributed by atoms with Crippen molar-refractivity contribution in [3.05, 3.63) is 33.8 Å². The highest BCUT2D eigenvalue weighted by Gasteiger charge is 2.00. The van der Waals surface area contributed by atoms with Gasteiger partial charge in [-0.1, -0.05) is 29.3 Å². The number of rotatable bonds is 4. The second-order valence-electron chi connectivity index (χ2n) is 3.23. The molecule has 14 heavy (non-hydrogen) atoms. The highest BCUT2D eigenvalue weighted by molar-refractivity contribution is 6.42. The molecule has 2 nitrogen and oxygen atoms in total. The van der Waals surface area contributed by atoms with Gasteiger partial charge < -0.3 is 10.4 Å². The minimum atomic E-state index is -0.335. The molecule has 0 unspecified atom stereocenters. The van der Waals surface area contributed by atoms with Crippen LogP contribution < -0.4 is 5.32 Å². The van der Waals surface area contributed by atoms with Gasteiger partial charge in [0.2, 0.25) is 0 Å². The molecule has 0 aliphatic rings. The molecule has 0 saturated heterocycles. The van der Waals surface area contributed by atoms with Crippen molar-refractivity contribution >= 4 is 23.2 Å². The molecule has 1 aromatic carbocycles. The zero-order valence-electron chi connectivity index (χ0n) is 7.93. The van der Waals surface area contributed by atoms with Crippen molar-refractivity contribution in [3.8, 4) is 0 Å². The van der Waals surface area contributed by atoms with E-state index in [1.54, 1.807) is 13.0 Å². The van der Waals surface area contributed by atoms with Crippen LogP contribution in [0.3, 0.4) is 0 Å². The molecule has 78 valence electrons. The molecule has 0 aliphatic heterocycles. The van der Waals surface area contributed by atoms with Crippen LogP contribution in [0.25, 0.3) is 0 Å². The number of nitrogens with one attached hydrogen (secondary N) is 1. The molecular weight excluding hydrogens is 221 g/mol. The van der Waals surface area contributed by atoms with Crippen LogP contribution in [0.15, 0.2) is 18.2 Å². The van der Waals surface area contributed by atoms with E-state index in [9.17, 15) is 0 Å². The maximum Gasteiger partial charge on any atom is 0.0636 e. The van der Waals surface area contributed by atoms with E-state index in [1.807, 2.05) is 12.1 Å². The van der Waals surface area contributed by atoms with E-state index >= 15 is 0 Å². The third-order valence-corrected chi connectivity index (χ3v) is 2.49. The second-order valence-corrected chi connectivity index (χ2v) is 4.04. The predicted octanol–water partition coefficient (Wildman–Crippen LogP) is 2.46. The van der Waals surface area contributed by atoms with Gasteiger partial charge in [0.1, 0.15) is 0 Å². The molecule has 1 aromatic rings. The van der Waals surface area contributed by atoms with Crippen LogP contribution >= 0.6 is 23.2 Å². The lowest BCUT2D eigenvalue weighted by molar-refractivity contribution is 0.191. The largest absolute Gasteiger partial charge is 0.392 e. The maximum absolute atomic E-state index is 9.02. The molecule has 0 heterocycles. The summed E-state index contributed by atoms with van der Waals surface area (Å²) in [5.41, 5.74) is 1.06. The van der Waals surface area contributed by atoms with Crippen molar-refractivity contribution in [1.29, 1.82) is 0 Å². The van der Waals surface area contributed by atoms with Crippen LogP contribution in [0.4, 0.5) is 0 Å². The number of benzene rings is 1. The maximum atomic E-state index is 9.02. The first-order valence-electron chi connectivity index (χ1n) is 4.42.